The normalized spacial score (nSPS) is 14.3. The number of phosphoric ester groups is 1. The van der Waals surface area contributed by atoms with Gasteiger partial charge in [-0.15, -0.1) is 0 Å². The van der Waals surface area contributed by atoms with Gasteiger partial charge in [0.05, 0.1) is 13.2 Å². The van der Waals surface area contributed by atoms with E-state index in [1.54, 1.807) is 0 Å². The van der Waals surface area contributed by atoms with Crippen molar-refractivity contribution in [2.75, 3.05) is 19.8 Å². The molecule has 0 aliphatic rings. The second kappa shape index (κ2) is 46.2. The van der Waals surface area contributed by atoms with Gasteiger partial charge in [-0.3, -0.25) is 23.4 Å². The average Bonchev–Trinajstić information content (AvgIpc) is 3.27. The molecule has 0 heterocycles. The predicted molar refractivity (Wildman–Crippen MR) is 263 cm³/mol. The third kappa shape index (κ3) is 45.2. The second-order valence-electron chi connectivity index (χ2n) is 16.2. The number of unbranched alkanes of at least 4 members (excludes halogenated alkanes) is 17. The summed E-state index contributed by atoms with van der Waals surface area (Å²) in [5.74, 6) is -2.49. The number of carbonyl (C=O) groups excluding carboxylic acids is 2. The van der Waals surface area contributed by atoms with E-state index in [-0.39, 0.29) is 19.4 Å². The van der Waals surface area contributed by atoms with E-state index in [2.05, 4.69) is 91.3 Å². The van der Waals surface area contributed by atoms with Gasteiger partial charge < -0.3 is 25.2 Å². The molecule has 0 rings (SSSR count). The molecule has 3 atom stereocenters. The van der Waals surface area contributed by atoms with E-state index in [0.717, 1.165) is 57.8 Å². The van der Waals surface area contributed by atoms with E-state index in [0.29, 0.717) is 12.8 Å². The maximum atomic E-state index is 12.7. The molecule has 11 nitrogen and oxygen atoms in total. The van der Waals surface area contributed by atoms with Crippen LogP contribution in [0, 0.1) is 0 Å². The van der Waals surface area contributed by atoms with Crippen LogP contribution in [-0.4, -0.2) is 59.9 Å². The summed E-state index contributed by atoms with van der Waals surface area (Å²) >= 11 is 0. The van der Waals surface area contributed by atoms with Crippen LogP contribution in [0.1, 0.15) is 194 Å². The van der Waals surface area contributed by atoms with Gasteiger partial charge in [-0.05, 0) is 77.0 Å². The number of phosphoric acid groups is 1. The molecule has 0 fully saturated rings. The zero-order valence-electron chi connectivity index (χ0n) is 39.8. The minimum absolute atomic E-state index is 0.0929. The Kier molecular flexibility index (Phi) is 43.8. The highest BCUT2D eigenvalue weighted by atomic mass is 31.2. The Morgan fingerprint density at radius 2 is 0.906 bits per heavy atom. The van der Waals surface area contributed by atoms with Crippen molar-refractivity contribution in [3.8, 4) is 0 Å². The monoisotopic (exact) mass is 918 g/mol. The summed E-state index contributed by atoms with van der Waals surface area (Å²) in [5, 5.41) is 8.91. The fraction of sp³-hybridized carbons (Fsp3) is 0.673. The lowest BCUT2D eigenvalue weighted by atomic mass is 10.0. The molecular formula is C52H88NO10P. The van der Waals surface area contributed by atoms with E-state index in [9.17, 15) is 23.8 Å². The second-order valence-corrected chi connectivity index (χ2v) is 17.7. The van der Waals surface area contributed by atoms with Crippen LogP contribution in [0.4, 0.5) is 0 Å². The summed E-state index contributed by atoms with van der Waals surface area (Å²) in [7, 11) is -4.74. The number of esters is 2. The Bertz CT molecular complexity index is 1400. The Balaban J connectivity index is 4.39. The Hall–Kier alpha value is -3.34. The first-order valence-corrected chi connectivity index (χ1v) is 26.1. The van der Waals surface area contributed by atoms with Gasteiger partial charge in [0.15, 0.2) is 6.10 Å². The van der Waals surface area contributed by atoms with Crippen molar-refractivity contribution in [3.63, 3.8) is 0 Å². The first-order chi connectivity index (χ1) is 31.1. The first-order valence-electron chi connectivity index (χ1n) is 24.6. The first kappa shape index (κ1) is 60.7. The number of allylic oxidation sites excluding steroid dienone is 14. The molecule has 0 radical (unpaired) electrons. The summed E-state index contributed by atoms with van der Waals surface area (Å²) in [6, 6.07) is -1.54. The van der Waals surface area contributed by atoms with Gasteiger partial charge in [-0.25, -0.2) is 4.57 Å². The molecule has 0 spiro atoms. The smallest absolute Gasteiger partial charge is 0.472 e. The third-order valence-corrected chi connectivity index (χ3v) is 11.1. The molecule has 0 aliphatic heterocycles. The lowest BCUT2D eigenvalue weighted by molar-refractivity contribution is -0.161. The highest BCUT2D eigenvalue weighted by molar-refractivity contribution is 7.47. The van der Waals surface area contributed by atoms with Crippen molar-refractivity contribution in [1.82, 2.24) is 0 Å². The maximum absolute atomic E-state index is 12.7. The van der Waals surface area contributed by atoms with Crippen molar-refractivity contribution in [2.24, 2.45) is 5.73 Å². The van der Waals surface area contributed by atoms with Crippen LogP contribution < -0.4 is 5.73 Å². The van der Waals surface area contributed by atoms with Crippen LogP contribution in [0.5, 0.6) is 0 Å². The molecule has 0 amide bonds. The number of carboxylic acids is 1. The number of hydrogen-bond acceptors (Lipinski definition) is 9. The van der Waals surface area contributed by atoms with Gasteiger partial charge in [0.2, 0.25) is 0 Å². The molecule has 1 unspecified atom stereocenters. The van der Waals surface area contributed by atoms with Crippen LogP contribution in [-0.2, 0) is 37.5 Å². The fourth-order valence-corrected chi connectivity index (χ4v) is 7.10. The number of hydrogen-bond donors (Lipinski definition) is 3. The maximum Gasteiger partial charge on any atom is 0.472 e. The van der Waals surface area contributed by atoms with Crippen LogP contribution in [0.25, 0.3) is 0 Å². The minimum atomic E-state index is -4.74. The molecule has 0 bridgehead atoms. The molecular weight excluding hydrogens is 830 g/mol. The van der Waals surface area contributed by atoms with E-state index < -0.39 is 51.1 Å². The third-order valence-electron chi connectivity index (χ3n) is 10.1. The molecule has 0 aromatic heterocycles. The van der Waals surface area contributed by atoms with Gasteiger partial charge in [0.25, 0.3) is 0 Å². The number of carbonyl (C=O) groups is 3. The molecule has 64 heavy (non-hydrogen) atoms. The van der Waals surface area contributed by atoms with Gasteiger partial charge >= 0.3 is 25.7 Å². The molecule has 0 aromatic rings. The molecule has 0 aliphatic carbocycles. The van der Waals surface area contributed by atoms with Crippen molar-refractivity contribution in [1.29, 1.82) is 0 Å². The molecule has 0 saturated heterocycles. The van der Waals surface area contributed by atoms with Gasteiger partial charge in [-0.1, -0.05) is 189 Å². The summed E-state index contributed by atoms with van der Waals surface area (Å²) in [6.45, 7) is 2.62. The van der Waals surface area contributed by atoms with E-state index in [1.807, 2.05) is 12.2 Å². The molecule has 4 N–H and O–H groups in total. The lowest BCUT2D eigenvalue weighted by Crippen LogP contribution is -2.34. The average molecular weight is 918 g/mol. The Morgan fingerprint density at radius 1 is 0.500 bits per heavy atom. The highest BCUT2D eigenvalue weighted by Crippen LogP contribution is 2.43. The van der Waals surface area contributed by atoms with Crippen molar-refractivity contribution < 1.29 is 47.5 Å². The summed E-state index contributed by atoms with van der Waals surface area (Å²) in [6.07, 6.45) is 58.0. The van der Waals surface area contributed by atoms with Gasteiger partial charge in [-0.2, -0.15) is 0 Å². The quantitative estimate of drug-likeness (QED) is 0.0230. The largest absolute Gasteiger partial charge is 0.480 e. The molecule has 0 aromatic carbocycles. The highest BCUT2D eigenvalue weighted by Gasteiger charge is 2.28. The fourth-order valence-electron chi connectivity index (χ4n) is 6.32. The van der Waals surface area contributed by atoms with Crippen LogP contribution in [0.3, 0.4) is 0 Å². The van der Waals surface area contributed by atoms with E-state index in [4.69, 9.17) is 24.8 Å². The summed E-state index contributed by atoms with van der Waals surface area (Å²) in [5.41, 5.74) is 5.34. The Morgan fingerprint density at radius 3 is 1.38 bits per heavy atom. The molecule has 12 heteroatoms. The van der Waals surface area contributed by atoms with Crippen LogP contribution in [0.2, 0.25) is 0 Å². The van der Waals surface area contributed by atoms with Gasteiger partial charge in [0.1, 0.15) is 12.6 Å². The number of carboxylic acid groups (broad SMARTS) is 1. The summed E-state index contributed by atoms with van der Waals surface area (Å²) < 4.78 is 32.7. The number of nitrogens with two attached hydrogens (primary N) is 1. The van der Waals surface area contributed by atoms with Crippen LogP contribution in [0.15, 0.2) is 85.1 Å². The summed E-state index contributed by atoms with van der Waals surface area (Å²) in [4.78, 5) is 46.1. The molecule has 0 saturated carbocycles. The lowest BCUT2D eigenvalue weighted by Gasteiger charge is -2.20. The van der Waals surface area contributed by atoms with Crippen LogP contribution >= 0.6 is 7.82 Å². The zero-order chi connectivity index (χ0) is 47.0. The number of rotatable bonds is 45. The molecule has 366 valence electrons. The van der Waals surface area contributed by atoms with Crippen molar-refractivity contribution in [2.45, 2.75) is 206 Å². The van der Waals surface area contributed by atoms with Crippen molar-refractivity contribution >= 4 is 25.7 Å². The van der Waals surface area contributed by atoms with E-state index in [1.165, 1.54) is 96.3 Å². The Labute approximate surface area is 388 Å². The SMILES string of the molecule is CC/C=C\C/C=C\C/C=C\C/C=C\C/C=C\C/C=C\CCC(=O)OC[C@H](COP(=O)(O)OC[C@H](N)C(=O)O)OC(=O)CCCCCCCCCCCCC/C=C\CCCCCCCC. The predicted octanol–water partition coefficient (Wildman–Crippen LogP) is 13.8. The van der Waals surface area contributed by atoms with E-state index >= 15 is 0 Å². The van der Waals surface area contributed by atoms with Crippen molar-refractivity contribution in [3.05, 3.63) is 85.1 Å². The standard InChI is InChI=1S/C52H88NO10P/c1-3-5-7-9-11-13-15-17-19-21-23-24-26-28-30-32-34-36-38-40-42-44-51(55)63-48(46-61-64(58,59)62-47-49(53)52(56)57)45-60-50(54)43-41-39-37-35-33-31-29-27-25-22-20-18-16-14-12-10-8-6-4-2/h6,8,12,14,17-20,25,27,31,33,37,39,48-49H,3-5,7,9-11,13,15-16,21-24,26,28-30,32,34-36,38,40-47,53H2,1-2H3,(H,56,57)(H,58,59)/b8-6-,14-12-,19-17-,20-18-,27-25-,33-31-,39-37-/t48-,49+/m1/s1. The zero-order valence-corrected chi connectivity index (χ0v) is 40.7. The topological polar surface area (TPSA) is 172 Å². The van der Waals surface area contributed by atoms with Gasteiger partial charge in [0, 0.05) is 12.8 Å². The minimum Gasteiger partial charge on any atom is -0.480 e. The number of ether oxygens (including phenoxy) is 2. The number of aliphatic carboxylic acids is 1.